The molecule has 0 heterocycles. The summed E-state index contributed by atoms with van der Waals surface area (Å²) in [6.45, 7) is 14.0. The number of hydrogen-bond acceptors (Lipinski definition) is 3. The highest BCUT2D eigenvalue weighted by Gasteiger charge is 2.22. The first-order valence-electron chi connectivity index (χ1n) is 7.54. The van der Waals surface area contributed by atoms with Crippen LogP contribution in [0.25, 0.3) is 0 Å². The summed E-state index contributed by atoms with van der Waals surface area (Å²) in [5, 5.41) is 0. The summed E-state index contributed by atoms with van der Waals surface area (Å²) < 4.78 is 27.1. The van der Waals surface area contributed by atoms with E-state index in [0.29, 0.717) is 18.7 Å². The van der Waals surface area contributed by atoms with Gasteiger partial charge in [0.15, 0.2) is 0 Å². The SMILES string of the molecule is C=C(C)CN(CC)C(=O)c1ccc(S(=O)(=O)NC(C)(C)C)cc1. The molecule has 6 heteroatoms. The van der Waals surface area contributed by atoms with Crippen LogP contribution in [0, 0.1) is 0 Å². The van der Waals surface area contributed by atoms with Gasteiger partial charge in [0.2, 0.25) is 10.0 Å². The lowest BCUT2D eigenvalue weighted by atomic mass is 10.1. The minimum absolute atomic E-state index is 0.136. The Hall–Kier alpha value is -1.66. The maximum atomic E-state index is 12.4. The summed E-state index contributed by atoms with van der Waals surface area (Å²) in [5.74, 6) is -0.136. The summed E-state index contributed by atoms with van der Waals surface area (Å²) in [6.07, 6.45) is 0. The number of sulfonamides is 1. The number of rotatable bonds is 6. The first-order chi connectivity index (χ1) is 10.5. The molecule has 0 spiro atoms. The molecule has 1 aromatic carbocycles. The Balaban J connectivity index is 3.00. The third-order valence-corrected chi connectivity index (χ3v) is 4.76. The van der Waals surface area contributed by atoms with E-state index >= 15 is 0 Å². The van der Waals surface area contributed by atoms with Crippen LogP contribution in [-0.4, -0.2) is 37.9 Å². The molecule has 1 amide bonds. The third-order valence-electron chi connectivity index (χ3n) is 2.98. The predicted molar refractivity (Wildman–Crippen MR) is 92.9 cm³/mol. The zero-order valence-corrected chi connectivity index (χ0v) is 15.3. The van der Waals surface area contributed by atoms with Crippen LogP contribution in [-0.2, 0) is 10.0 Å². The van der Waals surface area contributed by atoms with E-state index in [2.05, 4.69) is 11.3 Å². The van der Waals surface area contributed by atoms with E-state index in [1.165, 1.54) is 12.1 Å². The molecule has 0 fully saturated rings. The first-order valence-corrected chi connectivity index (χ1v) is 9.02. The summed E-state index contributed by atoms with van der Waals surface area (Å²) in [4.78, 5) is 14.2. The van der Waals surface area contributed by atoms with Crippen molar-refractivity contribution >= 4 is 15.9 Å². The summed E-state index contributed by atoms with van der Waals surface area (Å²) in [6, 6.07) is 5.99. The monoisotopic (exact) mass is 338 g/mol. The van der Waals surface area contributed by atoms with Crippen LogP contribution in [0.15, 0.2) is 41.3 Å². The van der Waals surface area contributed by atoms with Gasteiger partial charge in [0, 0.05) is 24.2 Å². The van der Waals surface area contributed by atoms with Gasteiger partial charge in [0.25, 0.3) is 5.91 Å². The van der Waals surface area contributed by atoms with E-state index in [9.17, 15) is 13.2 Å². The standard InChI is InChI=1S/C17H26N2O3S/c1-7-19(12-13(2)3)16(20)14-8-10-15(11-9-14)23(21,22)18-17(4,5)6/h8-11,18H,2,7,12H2,1,3-6H3. The van der Waals surface area contributed by atoms with Gasteiger partial charge in [0.1, 0.15) is 0 Å². The van der Waals surface area contributed by atoms with Crippen LogP contribution in [0.2, 0.25) is 0 Å². The van der Waals surface area contributed by atoms with Crippen molar-refractivity contribution in [2.24, 2.45) is 0 Å². The Bertz CT molecular complexity index is 671. The van der Waals surface area contributed by atoms with Gasteiger partial charge in [-0.25, -0.2) is 13.1 Å². The third kappa shape index (κ3) is 5.80. The molecular formula is C17H26N2O3S. The molecule has 1 N–H and O–H groups in total. The minimum Gasteiger partial charge on any atom is -0.335 e. The van der Waals surface area contributed by atoms with E-state index in [4.69, 9.17) is 0 Å². The van der Waals surface area contributed by atoms with Crippen molar-refractivity contribution < 1.29 is 13.2 Å². The Kier molecular flexibility index (Phi) is 6.13. The van der Waals surface area contributed by atoms with Crippen LogP contribution in [0.3, 0.4) is 0 Å². The fourth-order valence-corrected chi connectivity index (χ4v) is 3.49. The fourth-order valence-electron chi connectivity index (χ4n) is 2.07. The summed E-state index contributed by atoms with van der Waals surface area (Å²) in [5.41, 5.74) is 0.796. The van der Waals surface area contributed by atoms with Gasteiger partial charge in [-0.05, 0) is 58.9 Å². The Morgan fingerprint density at radius 2 is 1.74 bits per heavy atom. The van der Waals surface area contributed by atoms with Crippen LogP contribution >= 0.6 is 0 Å². The number of amides is 1. The highest BCUT2D eigenvalue weighted by Crippen LogP contribution is 2.15. The lowest BCUT2D eigenvalue weighted by Gasteiger charge is -2.22. The molecule has 0 unspecified atom stereocenters. The molecule has 0 bridgehead atoms. The lowest BCUT2D eigenvalue weighted by Crippen LogP contribution is -2.40. The molecule has 128 valence electrons. The molecule has 0 radical (unpaired) electrons. The maximum absolute atomic E-state index is 12.4. The second-order valence-corrected chi connectivity index (χ2v) is 8.34. The van der Waals surface area contributed by atoms with Crippen LogP contribution < -0.4 is 4.72 Å². The number of nitrogens with zero attached hydrogens (tertiary/aromatic N) is 1. The second kappa shape index (κ2) is 7.27. The maximum Gasteiger partial charge on any atom is 0.254 e. The summed E-state index contributed by atoms with van der Waals surface area (Å²) in [7, 11) is -3.59. The number of likely N-dealkylation sites (N-methyl/N-ethyl adjacent to an activating group) is 1. The Morgan fingerprint density at radius 1 is 1.22 bits per heavy atom. The van der Waals surface area contributed by atoms with Gasteiger partial charge in [-0.1, -0.05) is 12.2 Å². The molecule has 0 saturated heterocycles. The molecule has 0 aliphatic rings. The number of nitrogens with one attached hydrogen (secondary N) is 1. The zero-order chi connectivity index (χ0) is 17.8. The van der Waals surface area contributed by atoms with Gasteiger partial charge in [-0.2, -0.15) is 0 Å². The Labute approximate surface area is 139 Å². The zero-order valence-electron chi connectivity index (χ0n) is 14.5. The van der Waals surface area contributed by atoms with Crippen LogP contribution in [0.1, 0.15) is 45.0 Å². The topological polar surface area (TPSA) is 66.5 Å². The van der Waals surface area contributed by atoms with Gasteiger partial charge in [-0.15, -0.1) is 0 Å². The van der Waals surface area contributed by atoms with E-state index in [1.807, 2.05) is 13.8 Å². The molecule has 23 heavy (non-hydrogen) atoms. The van der Waals surface area contributed by atoms with E-state index in [0.717, 1.165) is 5.57 Å². The lowest BCUT2D eigenvalue weighted by molar-refractivity contribution is 0.0778. The molecular weight excluding hydrogens is 312 g/mol. The van der Waals surface area contributed by atoms with Crippen LogP contribution in [0.4, 0.5) is 0 Å². The quantitative estimate of drug-likeness (QED) is 0.811. The number of benzene rings is 1. The van der Waals surface area contributed by atoms with Crippen LogP contribution in [0.5, 0.6) is 0 Å². The number of carbonyl (C=O) groups is 1. The molecule has 0 aliphatic carbocycles. The van der Waals surface area contributed by atoms with Crippen molar-refractivity contribution in [3.63, 3.8) is 0 Å². The second-order valence-electron chi connectivity index (χ2n) is 6.66. The summed E-state index contributed by atoms with van der Waals surface area (Å²) >= 11 is 0. The van der Waals surface area contributed by atoms with Crippen molar-refractivity contribution in [3.8, 4) is 0 Å². The van der Waals surface area contributed by atoms with Crippen molar-refractivity contribution in [2.45, 2.75) is 45.1 Å². The smallest absolute Gasteiger partial charge is 0.254 e. The molecule has 0 saturated carbocycles. The predicted octanol–water partition coefficient (Wildman–Crippen LogP) is 2.80. The molecule has 0 atom stereocenters. The largest absolute Gasteiger partial charge is 0.335 e. The van der Waals surface area contributed by atoms with E-state index in [1.54, 1.807) is 37.8 Å². The van der Waals surface area contributed by atoms with Gasteiger partial charge in [0.05, 0.1) is 4.90 Å². The van der Waals surface area contributed by atoms with Gasteiger partial charge < -0.3 is 4.90 Å². The number of hydrogen-bond donors (Lipinski definition) is 1. The first kappa shape index (κ1) is 19.4. The van der Waals surface area contributed by atoms with Gasteiger partial charge >= 0.3 is 0 Å². The molecule has 1 rings (SSSR count). The molecule has 5 nitrogen and oxygen atoms in total. The van der Waals surface area contributed by atoms with Crippen molar-refractivity contribution in [1.29, 1.82) is 0 Å². The van der Waals surface area contributed by atoms with Crippen molar-refractivity contribution in [1.82, 2.24) is 9.62 Å². The normalized spacial score (nSPS) is 12.0. The van der Waals surface area contributed by atoms with Crippen molar-refractivity contribution in [2.75, 3.05) is 13.1 Å². The minimum atomic E-state index is -3.59. The average Bonchev–Trinajstić information content (AvgIpc) is 2.41. The Morgan fingerprint density at radius 3 is 2.13 bits per heavy atom. The van der Waals surface area contributed by atoms with E-state index < -0.39 is 15.6 Å². The highest BCUT2D eigenvalue weighted by molar-refractivity contribution is 7.89. The highest BCUT2D eigenvalue weighted by atomic mass is 32.2. The molecule has 1 aromatic rings. The van der Waals surface area contributed by atoms with E-state index in [-0.39, 0.29) is 10.8 Å². The molecule has 0 aromatic heterocycles. The van der Waals surface area contributed by atoms with Gasteiger partial charge in [-0.3, -0.25) is 4.79 Å². The van der Waals surface area contributed by atoms with Crippen molar-refractivity contribution in [3.05, 3.63) is 42.0 Å². The fraction of sp³-hybridized carbons (Fsp3) is 0.471. The molecule has 0 aliphatic heterocycles. The number of carbonyl (C=O) groups excluding carboxylic acids is 1. The average molecular weight is 338 g/mol.